The van der Waals surface area contributed by atoms with Crippen molar-refractivity contribution in [2.75, 3.05) is 20.7 Å². The Morgan fingerprint density at radius 3 is 2.52 bits per heavy atom. The molecule has 11 nitrogen and oxygen atoms in total. The Balaban J connectivity index is 1.15. The van der Waals surface area contributed by atoms with Crippen molar-refractivity contribution in [1.29, 1.82) is 0 Å². The van der Waals surface area contributed by atoms with Gasteiger partial charge in [0.25, 0.3) is 0 Å². The number of rotatable bonds is 14. The van der Waals surface area contributed by atoms with Crippen LogP contribution in [0, 0.1) is 17.8 Å². The Morgan fingerprint density at radius 1 is 1.00 bits per heavy atom. The number of aromatic hydroxyl groups is 3. The van der Waals surface area contributed by atoms with E-state index in [-0.39, 0.29) is 53.3 Å². The number of aliphatic hydroxyl groups excluding tert-OH is 3. The normalized spacial score (nSPS) is 29.5. The smallest absolute Gasteiger partial charge is 0.201 e. The molecule has 9 unspecified atom stereocenters. The summed E-state index contributed by atoms with van der Waals surface area (Å²) in [6.45, 7) is 0.380. The van der Waals surface area contributed by atoms with Gasteiger partial charge in [0.2, 0.25) is 5.75 Å². The van der Waals surface area contributed by atoms with Gasteiger partial charge in [0, 0.05) is 23.5 Å². The molecule has 0 bridgehead atoms. The van der Waals surface area contributed by atoms with Gasteiger partial charge in [-0.3, -0.25) is 0 Å². The maximum absolute atomic E-state index is 11.7. The van der Waals surface area contributed by atoms with Crippen molar-refractivity contribution in [3.8, 4) is 23.0 Å². The van der Waals surface area contributed by atoms with E-state index in [9.17, 15) is 35.7 Å². The number of methoxy groups -OCH3 is 1. The van der Waals surface area contributed by atoms with Crippen LogP contribution in [0.5, 0.6) is 23.0 Å². The zero-order valence-electron chi connectivity index (χ0n) is 33.1. The molecule has 308 valence electrons. The van der Waals surface area contributed by atoms with Crippen LogP contribution in [0.1, 0.15) is 141 Å². The minimum Gasteiger partial charge on any atom is -0.670 e. The molecule has 11 heteroatoms. The van der Waals surface area contributed by atoms with E-state index >= 15 is 0 Å². The fourth-order valence-electron chi connectivity index (χ4n) is 11.0. The third-order valence-corrected chi connectivity index (χ3v) is 14.1. The molecule has 1 aromatic heterocycles. The summed E-state index contributed by atoms with van der Waals surface area (Å²) in [5.41, 5.74) is 3.41. The van der Waals surface area contributed by atoms with Crippen LogP contribution in [0.4, 0.5) is 0 Å². The predicted molar refractivity (Wildman–Crippen MR) is 212 cm³/mol. The second-order valence-electron chi connectivity index (χ2n) is 17.4. The molecule has 0 spiro atoms. The van der Waals surface area contributed by atoms with Gasteiger partial charge in [-0.1, -0.05) is 36.6 Å². The molecule has 7 rings (SSSR count). The highest BCUT2D eigenvalue weighted by molar-refractivity contribution is 5.64. The molecule has 0 radical (unpaired) electrons. The molecule has 3 aliphatic carbocycles. The van der Waals surface area contributed by atoms with Gasteiger partial charge < -0.3 is 55.5 Å². The van der Waals surface area contributed by atoms with Gasteiger partial charge in [0.15, 0.2) is 11.5 Å². The summed E-state index contributed by atoms with van der Waals surface area (Å²) in [7, 11) is 3.40. The summed E-state index contributed by atoms with van der Waals surface area (Å²) >= 11 is 0. The van der Waals surface area contributed by atoms with Crippen molar-refractivity contribution in [3.63, 3.8) is 0 Å². The molecular formula is C45H63N2O9-. The van der Waals surface area contributed by atoms with Gasteiger partial charge in [0.05, 0.1) is 43.7 Å². The quantitative estimate of drug-likeness (QED) is 0.0875. The van der Waals surface area contributed by atoms with Crippen LogP contribution in [0.25, 0.3) is 0 Å². The van der Waals surface area contributed by atoms with E-state index in [0.717, 1.165) is 87.4 Å². The Bertz CT molecular complexity index is 1760. The van der Waals surface area contributed by atoms with E-state index in [2.05, 4.69) is 16.4 Å². The van der Waals surface area contributed by atoms with Gasteiger partial charge >= 0.3 is 0 Å². The van der Waals surface area contributed by atoms with Gasteiger partial charge in [-0.15, -0.1) is 0 Å². The van der Waals surface area contributed by atoms with Gasteiger partial charge in [0.1, 0.15) is 5.75 Å². The molecule has 8 N–H and O–H groups in total. The fraction of sp³-hybridized carbons (Fsp3) is 0.644. The maximum Gasteiger partial charge on any atom is 0.201 e. The van der Waals surface area contributed by atoms with Crippen LogP contribution < -0.4 is 15.0 Å². The summed E-state index contributed by atoms with van der Waals surface area (Å²) in [6.07, 6.45) is 12.6. The van der Waals surface area contributed by atoms with Gasteiger partial charge in [-0.25, -0.2) is 0 Å². The number of aromatic nitrogens is 1. The number of phenolic OH excluding ortho intramolecular Hbond substituents is 2. The van der Waals surface area contributed by atoms with Crippen molar-refractivity contribution in [3.05, 3.63) is 70.0 Å². The average Bonchev–Trinajstić information content (AvgIpc) is 3.89. The SMILES string of the molecule is CNCCC1CCC(C(O)CCC2(O)CCCC2)C(c2cc(C3CCC4C(O)CC(c5c(CO)c(O)c(O)c(OC)c5Cc5cc[n-]c5)OC4C3)ccc2O)C1. The van der Waals surface area contributed by atoms with Crippen molar-refractivity contribution < 1.29 is 45.2 Å². The van der Waals surface area contributed by atoms with E-state index in [1.165, 1.54) is 7.11 Å². The molecule has 9 atom stereocenters. The number of benzene rings is 2. The first-order valence-electron chi connectivity index (χ1n) is 21.0. The highest BCUT2D eigenvalue weighted by atomic mass is 16.5. The second-order valence-corrected chi connectivity index (χ2v) is 17.4. The third-order valence-electron chi connectivity index (χ3n) is 14.1. The minimum absolute atomic E-state index is 0.0156. The van der Waals surface area contributed by atoms with Crippen LogP contribution in [0.2, 0.25) is 0 Å². The topological polar surface area (TPSA) is 186 Å². The van der Waals surface area contributed by atoms with E-state index in [0.29, 0.717) is 42.7 Å². The van der Waals surface area contributed by atoms with Crippen molar-refractivity contribution in [1.82, 2.24) is 10.3 Å². The molecular weight excluding hydrogens is 712 g/mol. The summed E-state index contributed by atoms with van der Waals surface area (Å²) in [5.74, 6) is -0.105. The van der Waals surface area contributed by atoms with E-state index < -0.39 is 42.0 Å². The standard InChI is InChI=1S/C45H63N2O9/c1-46-17-12-26-5-8-30(37(50)11-16-45(54)14-3-4-15-45)32(19-26)33-21-28(7-10-36(33)49)29-6-9-31-38(51)23-40(56-39(31)22-29)41-34(20-27-13-18-47-24-27)44(55-2)43(53)42(52)35(41)25-48/h7,10,13,18,21,24,26,29-32,37-40,46,48-54H,3-6,8-9,11-12,14-17,19-20,22-23,25H2,1-2H3/q-1. The summed E-state index contributed by atoms with van der Waals surface area (Å²) < 4.78 is 12.5. The Labute approximate surface area is 331 Å². The first-order valence-corrected chi connectivity index (χ1v) is 21.0. The third kappa shape index (κ3) is 8.45. The minimum atomic E-state index is -0.682. The molecule has 2 heterocycles. The Kier molecular flexibility index (Phi) is 12.9. The van der Waals surface area contributed by atoms with Gasteiger partial charge in [-0.2, -0.15) is 12.4 Å². The maximum atomic E-state index is 11.7. The first-order chi connectivity index (χ1) is 27.0. The molecule has 4 aliphatic rings. The Morgan fingerprint density at radius 2 is 1.80 bits per heavy atom. The molecule has 2 aromatic carbocycles. The summed E-state index contributed by atoms with van der Waals surface area (Å²) in [6, 6.07) is 7.82. The lowest BCUT2D eigenvalue weighted by atomic mass is 9.66. The number of fused-ring (bicyclic) bond motifs is 1. The fourth-order valence-corrected chi connectivity index (χ4v) is 11.0. The van der Waals surface area contributed by atoms with Crippen LogP contribution in [-0.2, 0) is 17.8 Å². The van der Waals surface area contributed by atoms with Crippen molar-refractivity contribution >= 4 is 0 Å². The number of nitrogens with one attached hydrogen (secondary N) is 1. The van der Waals surface area contributed by atoms with E-state index in [4.69, 9.17) is 9.47 Å². The number of ether oxygens (including phenoxy) is 2. The van der Waals surface area contributed by atoms with Crippen molar-refractivity contribution in [2.45, 2.75) is 145 Å². The lowest BCUT2D eigenvalue weighted by molar-refractivity contribution is -0.154. The predicted octanol–water partition coefficient (Wildman–Crippen LogP) is 6.18. The number of phenols is 3. The number of hydrogen-bond acceptors (Lipinski definition) is 10. The molecule has 3 aromatic rings. The Hall–Kier alpha value is -3.32. The van der Waals surface area contributed by atoms with Crippen LogP contribution in [0.3, 0.4) is 0 Å². The second kappa shape index (κ2) is 17.7. The zero-order valence-corrected chi connectivity index (χ0v) is 33.1. The molecule has 0 amide bonds. The highest BCUT2D eigenvalue weighted by Crippen LogP contribution is 2.53. The van der Waals surface area contributed by atoms with Crippen LogP contribution in [-0.4, -0.2) is 80.4 Å². The number of nitrogens with zero attached hydrogens (tertiary/aromatic N) is 1. The van der Waals surface area contributed by atoms with Crippen molar-refractivity contribution in [2.24, 2.45) is 17.8 Å². The molecule has 3 saturated carbocycles. The monoisotopic (exact) mass is 775 g/mol. The number of hydrogen-bond donors (Lipinski definition) is 8. The van der Waals surface area contributed by atoms with Crippen LogP contribution >= 0.6 is 0 Å². The first kappa shape index (κ1) is 40.9. The lowest BCUT2D eigenvalue weighted by Gasteiger charge is -2.46. The lowest BCUT2D eigenvalue weighted by Crippen LogP contribution is -2.44. The molecule has 1 saturated heterocycles. The zero-order chi connectivity index (χ0) is 39.6. The van der Waals surface area contributed by atoms with E-state index in [1.807, 2.05) is 25.2 Å². The number of aliphatic hydroxyl groups is 4. The molecule has 4 fully saturated rings. The average molecular weight is 776 g/mol. The largest absolute Gasteiger partial charge is 0.670 e. The molecule has 1 aliphatic heterocycles. The van der Waals surface area contributed by atoms with Crippen LogP contribution in [0.15, 0.2) is 36.7 Å². The highest BCUT2D eigenvalue weighted by Gasteiger charge is 2.45. The van der Waals surface area contributed by atoms with E-state index in [1.54, 1.807) is 12.4 Å². The molecule has 56 heavy (non-hydrogen) atoms. The van der Waals surface area contributed by atoms with Gasteiger partial charge in [-0.05, 0) is 137 Å². The summed E-state index contributed by atoms with van der Waals surface area (Å²) in [5, 5.41) is 81.7. The summed E-state index contributed by atoms with van der Waals surface area (Å²) in [4.78, 5) is 4.18.